The molecular weight excluding hydrogens is 288 g/mol. The first-order valence-electron chi connectivity index (χ1n) is 7.12. The van der Waals surface area contributed by atoms with Crippen LogP contribution in [0.5, 0.6) is 0 Å². The van der Waals surface area contributed by atoms with Gasteiger partial charge in [0.25, 0.3) is 0 Å². The maximum absolute atomic E-state index is 12.0. The van der Waals surface area contributed by atoms with Gasteiger partial charge in [-0.25, -0.2) is 4.79 Å². The van der Waals surface area contributed by atoms with Gasteiger partial charge in [-0.1, -0.05) is 43.1 Å². The molecule has 1 aromatic heterocycles. The predicted molar refractivity (Wildman–Crippen MR) is 82.7 cm³/mol. The average molecular weight is 307 g/mol. The summed E-state index contributed by atoms with van der Waals surface area (Å²) < 4.78 is 6.91. The van der Waals surface area contributed by atoms with Crippen molar-refractivity contribution in [2.24, 2.45) is 0 Å². The summed E-state index contributed by atoms with van der Waals surface area (Å²) in [6.45, 7) is 4.78. The van der Waals surface area contributed by atoms with Gasteiger partial charge >= 0.3 is 5.97 Å². The Labute approximate surface area is 129 Å². The third-order valence-electron chi connectivity index (χ3n) is 3.21. The lowest BCUT2D eigenvalue weighted by Gasteiger charge is -2.10. The number of hydrogen-bond acceptors (Lipinski definition) is 3. The van der Waals surface area contributed by atoms with E-state index < -0.39 is 0 Å². The molecule has 0 aliphatic rings. The van der Waals surface area contributed by atoms with Crippen LogP contribution in [0.2, 0.25) is 5.02 Å². The van der Waals surface area contributed by atoms with Crippen LogP contribution in [-0.4, -0.2) is 22.4 Å². The summed E-state index contributed by atoms with van der Waals surface area (Å²) in [5.41, 5.74) is 2.43. The summed E-state index contributed by atoms with van der Waals surface area (Å²) in [5.74, 6) is -0.314. The summed E-state index contributed by atoms with van der Waals surface area (Å²) in [7, 11) is 0. The van der Waals surface area contributed by atoms with Crippen molar-refractivity contribution in [1.29, 1.82) is 0 Å². The number of halogens is 1. The maximum Gasteiger partial charge on any atom is 0.341 e. The van der Waals surface area contributed by atoms with E-state index in [0.717, 1.165) is 24.1 Å². The van der Waals surface area contributed by atoms with E-state index in [4.69, 9.17) is 16.3 Å². The van der Waals surface area contributed by atoms with Gasteiger partial charge in [-0.3, -0.25) is 4.68 Å². The Kier molecular flexibility index (Phi) is 5.39. The fraction of sp³-hybridized carbons (Fsp3) is 0.375. The summed E-state index contributed by atoms with van der Waals surface area (Å²) in [6, 6.07) is 7.65. The van der Waals surface area contributed by atoms with Gasteiger partial charge in [0.05, 0.1) is 25.0 Å². The Morgan fingerprint density at radius 1 is 1.33 bits per heavy atom. The molecule has 1 aromatic carbocycles. The molecule has 0 spiro atoms. The summed E-state index contributed by atoms with van der Waals surface area (Å²) in [5, 5.41) is 5.03. The van der Waals surface area contributed by atoms with Crippen molar-refractivity contribution in [1.82, 2.24) is 9.78 Å². The number of benzene rings is 1. The first kappa shape index (κ1) is 15.6. The molecule has 1 heterocycles. The first-order chi connectivity index (χ1) is 10.2. The van der Waals surface area contributed by atoms with Gasteiger partial charge in [-0.2, -0.15) is 5.10 Å². The smallest absolute Gasteiger partial charge is 0.341 e. The molecule has 0 amide bonds. The Balaban J connectivity index is 2.31. The number of hydrogen-bond donors (Lipinski definition) is 0. The van der Waals surface area contributed by atoms with Crippen molar-refractivity contribution in [2.45, 2.75) is 33.2 Å². The molecule has 2 rings (SSSR count). The first-order valence-corrected chi connectivity index (χ1v) is 7.50. The van der Waals surface area contributed by atoms with Crippen LogP contribution in [0.3, 0.4) is 0 Å². The fourth-order valence-electron chi connectivity index (χ4n) is 2.21. The molecule has 0 atom stereocenters. The molecule has 0 fully saturated rings. The SMILES string of the molecule is CCCc1c(C(=O)OCC)cnn1Cc1ccccc1Cl. The summed E-state index contributed by atoms with van der Waals surface area (Å²) >= 11 is 6.19. The van der Waals surface area contributed by atoms with Crippen LogP contribution < -0.4 is 0 Å². The molecule has 5 heteroatoms. The van der Waals surface area contributed by atoms with E-state index in [1.54, 1.807) is 13.1 Å². The second kappa shape index (κ2) is 7.27. The highest BCUT2D eigenvalue weighted by Gasteiger charge is 2.18. The number of nitrogens with zero attached hydrogens (tertiary/aromatic N) is 2. The maximum atomic E-state index is 12.0. The second-order valence-electron chi connectivity index (χ2n) is 4.72. The zero-order valence-corrected chi connectivity index (χ0v) is 13.1. The second-order valence-corrected chi connectivity index (χ2v) is 5.13. The molecule has 0 saturated carbocycles. The molecule has 0 aliphatic carbocycles. The van der Waals surface area contributed by atoms with E-state index in [-0.39, 0.29) is 5.97 Å². The quantitative estimate of drug-likeness (QED) is 0.764. The van der Waals surface area contributed by atoms with Gasteiger partial charge in [-0.15, -0.1) is 0 Å². The molecule has 21 heavy (non-hydrogen) atoms. The van der Waals surface area contributed by atoms with Gasteiger partial charge < -0.3 is 4.74 Å². The van der Waals surface area contributed by atoms with Gasteiger partial charge in [0, 0.05) is 5.02 Å². The normalized spacial score (nSPS) is 10.6. The number of carbonyl (C=O) groups excluding carboxylic acids is 1. The lowest BCUT2D eigenvalue weighted by Crippen LogP contribution is -2.11. The molecule has 0 radical (unpaired) electrons. The number of ether oxygens (including phenoxy) is 1. The monoisotopic (exact) mass is 306 g/mol. The van der Waals surface area contributed by atoms with Gasteiger partial charge in [0.15, 0.2) is 0 Å². The third kappa shape index (κ3) is 3.64. The van der Waals surface area contributed by atoms with Gasteiger partial charge in [-0.05, 0) is 25.0 Å². The molecule has 4 nitrogen and oxygen atoms in total. The average Bonchev–Trinajstić information content (AvgIpc) is 2.85. The highest BCUT2D eigenvalue weighted by atomic mass is 35.5. The van der Waals surface area contributed by atoms with E-state index in [9.17, 15) is 4.79 Å². The molecule has 0 bridgehead atoms. The zero-order valence-electron chi connectivity index (χ0n) is 12.3. The van der Waals surface area contributed by atoms with Crippen molar-refractivity contribution >= 4 is 17.6 Å². The zero-order chi connectivity index (χ0) is 15.2. The Morgan fingerprint density at radius 3 is 2.76 bits per heavy atom. The molecule has 0 N–H and O–H groups in total. The minimum absolute atomic E-state index is 0.314. The van der Waals surface area contributed by atoms with Crippen LogP contribution in [0.1, 0.15) is 41.9 Å². The highest BCUT2D eigenvalue weighted by Crippen LogP contribution is 2.19. The van der Waals surface area contributed by atoms with E-state index in [2.05, 4.69) is 12.0 Å². The Hall–Kier alpha value is -1.81. The van der Waals surface area contributed by atoms with E-state index >= 15 is 0 Å². The van der Waals surface area contributed by atoms with Gasteiger partial charge in [0.1, 0.15) is 5.56 Å². The van der Waals surface area contributed by atoms with Crippen molar-refractivity contribution in [3.05, 3.63) is 52.3 Å². The molecule has 0 unspecified atom stereocenters. The summed E-state index contributed by atoms with van der Waals surface area (Å²) in [4.78, 5) is 12.0. The van der Waals surface area contributed by atoms with Crippen LogP contribution in [-0.2, 0) is 17.7 Å². The van der Waals surface area contributed by atoms with E-state index in [1.807, 2.05) is 28.9 Å². The molecule has 112 valence electrons. The predicted octanol–water partition coefficient (Wildman–Crippen LogP) is 3.71. The molecule has 2 aromatic rings. The molecular formula is C16H19ClN2O2. The minimum Gasteiger partial charge on any atom is -0.462 e. The molecule has 0 saturated heterocycles. The Bertz CT molecular complexity index is 622. The van der Waals surface area contributed by atoms with Crippen molar-refractivity contribution < 1.29 is 9.53 Å². The van der Waals surface area contributed by atoms with Crippen LogP contribution >= 0.6 is 11.6 Å². The number of rotatable bonds is 6. The topological polar surface area (TPSA) is 44.1 Å². The lowest BCUT2D eigenvalue weighted by molar-refractivity contribution is 0.0525. The highest BCUT2D eigenvalue weighted by molar-refractivity contribution is 6.31. The van der Waals surface area contributed by atoms with Gasteiger partial charge in [0.2, 0.25) is 0 Å². The lowest BCUT2D eigenvalue weighted by atomic mass is 10.1. The van der Waals surface area contributed by atoms with E-state index in [0.29, 0.717) is 23.7 Å². The molecule has 0 aliphatic heterocycles. The van der Waals surface area contributed by atoms with Crippen LogP contribution in [0.15, 0.2) is 30.5 Å². The van der Waals surface area contributed by atoms with Crippen LogP contribution in [0.25, 0.3) is 0 Å². The van der Waals surface area contributed by atoms with Crippen molar-refractivity contribution in [3.63, 3.8) is 0 Å². The number of aromatic nitrogens is 2. The largest absolute Gasteiger partial charge is 0.462 e. The number of carbonyl (C=O) groups is 1. The standard InChI is InChI=1S/C16H19ClN2O2/c1-3-7-15-13(16(20)21-4-2)10-18-19(15)11-12-8-5-6-9-14(12)17/h5-6,8-10H,3-4,7,11H2,1-2H3. The van der Waals surface area contributed by atoms with Crippen LogP contribution in [0, 0.1) is 0 Å². The van der Waals surface area contributed by atoms with Crippen molar-refractivity contribution in [3.8, 4) is 0 Å². The van der Waals surface area contributed by atoms with Crippen molar-refractivity contribution in [2.75, 3.05) is 6.61 Å². The van der Waals surface area contributed by atoms with Crippen LogP contribution in [0.4, 0.5) is 0 Å². The summed E-state index contributed by atoms with van der Waals surface area (Å²) in [6.07, 6.45) is 3.29. The fourth-order valence-corrected chi connectivity index (χ4v) is 2.41. The minimum atomic E-state index is -0.314. The van der Waals surface area contributed by atoms with E-state index in [1.165, 1.54) is 0 Å². The third-order valence-corrected chi connectivity index (χ3v) is 3.58. The Morgan fingerprint density at radius 2 is 2.10 bits per heavy atom. The number of esters is 1.